The van der Waals surface area contributed by atoms with E-state index in [1.165, 1.54) is 30.3 Å². The van der Waals surface area contributed by atoms with Gasteiger partial charge in [0.15, 0.2) is 0 Å². The molecule has 2 atom stereocenters. The topological polar surface area (TPSA) is 75.6 Å². The van der Waals surface area contributed by atoms with Crippen molar-refractivity contribution in [1.29, 1.82) is 0 Å². The fourth-order valence-corrected chi connectivity index (χ4v) is 3.47. The summed E-state index contributed by atoms with van der Waals surface area (Å²) in [5.74, 6) is -0.575. The van der Waals surface area contributed by atoms with Gasteiger partial charge >= 0.3 is 5.97 Å². The molecule has 1 aromatic heterocycles. The van der Waals surface area contributed by atoms with E-state index in [4.69, 9.17) is 9.84 Å². The van der Waals surface area contributed by atoms with Gasteiger partial charge in [0, 0.05) is 12.7 Å². The quantitative estimate of drug-likeness (QED) is 0.817. The number of carboxylic acids is 1. The molecule has 2 fully saturated rings. The van der Waals surface area contributed by atoms with Gasteiger partial charge in [0.25, 0.3) is 5.91 Å². The van der Waals surface area contributed by atoms with E-state index >= 15 is 0 Å². The van der Waals surface area contributed by atoms with E-state index in [0.29, 0.717) is 23.0 Å². The van der Waals surface area contributed by atoms with Crippen molar-refractivity contribution in [2.24, 2.45) is 5.92 Å². The molecule has 112 valence electrons. The molecule has 1 saturated heterocycles. The van der Waals surface area contributed by atoms with Crippen LogP contribution in [0.25, 0.3) is 6.08 Å². The number of aliphatic carboxylic acids is 1. The number of thiophene rings is 1. The molecule has 0 bridgehead atoms. The molecule has 21 heavy (non-hydrogen) atoms. The zero-order valence-electron chi connectivity index (χ0n) is 11.5. The van der Waals surface area contributed by atoms with E-state index < -0.39 is 5.97 Å². The number of ether oxygens (including phenoxy) is 1. The summed E-state index contributed by atoms with van der Waals surface area (Å²) >= 11 is 1.32. The summed E-state index contributed by atoms with van der Waals surface area (Å²) < 4.78 is 5.71. The Morgan fingerprint density at radius 2 is 2.19 bits per heavy atom. The minimum atomic E-state index is -1.02. The van der Waals surface area contributed by atoms with Crippen LogP contribution in [0.1, 0.15) is 34.5 Å². The monoisotopic (exact) mass is 307 g/mol. The van der Waals surface area contributed by atoms with Gasteiger partial charge in [0.1, 0.15) is 0 Å². The maximum absolute atomic E-state index is 12.4. The highest BCUT2D eigenvalue weighted by molar-refractivity contribution is 7.12. The van der Waals surface area contributed by atoms with Crippen LogP contribution in [0.4, 0.5) is 0 Å². The zero-order valence-corrected chi connectivity index (χ0v) is 12.3. The number of carbonyl (C=O) groups is 2. The lowest BCUT2D eigenvalue weighted by Gasteiger charge is -2.19. The maximum Gasteiger partial charge on any atom is 0.328 e. The minimum absolute atomic E-state index is 0.0726. The van der Waals surface area contributed by atoms with Crippen LogP contribution in [0.3, 0.4) is 0 Å². The van der Waals surface area contributed by atoms with Gasteiger partial charge in [-0.3, -0.25) is 4.79 Å². The second-order valence-corrected chi connectivity index (χ2v) is 6.33. The van der Waals surface area contributed by atoms with Crippen LogP contribution in [0.5, 0.6) is 0 Å². The van der Waals surface area contributed by atoms with Gasteiger partial charge in [-0.15, -0.1) is 11.3 Å². The number of hydrogen-bond donors (Lipinski definition) is 2. The first-order valence-electron chi connectivity index (χ1n) is 7.06. The molecule has 2 N–H and O–H groups in total. The smallest absolute Gasteiger partial charge is 0.328 e. The molecule has 6 heteroatoms. The van der Waals surface area contributed by atoms with E-state index in [2.05, 4.69) is 5.32 Å². The van der Waals surface area contributed by atoms with Gasteiger partial charge in [-0.2, -0.15) is 0 Å². The molecule has 0 aromatic carbocycles. The second-order valence-electron chi connectivity index (χ2n) is 5.42. The number of rotatable bonds is 5. The van der Waals surface area contributed by atoms with Crippen molar-refractivity contribution in [3.8, 4) is 0 Å². The van der Waals surface area contributed by atoms with Crippen molar-refractivity contribution in [2.45, 2.75) is 31.4 Å². The van der Waals surface area contributed by atoms with Crippen LogP contribution in [0.15, 0.2) is 17.5 Å². The SMILES string of the molecule is O=C(O)/C=C/c1ccsc1C(=O)NC1CCOC1C1CC1. The standard InChI is InChI=1S/C15H17NO4S/c17-12(18)4-3-10-6-8-21-14(10)15(19)16-11-5-7-20-13(11)9-1-2-9/h3-4,6,8-9,11,13H,1-2,5,7H2,(H,16,19)(H,17,18)/b4-3+. The average molecular weight is 307 g/mol. The Morgan fingerprint density at radius 3 is 2.90 bits per heavy atom. The Hall–Kier alpha value is -1.66. The summed E-state index contributed by atoms with van der Waals surface area (Å²) in [5, 5.41) is 13.5. The van der Waals surface area contributed by atoms with Gasteiger partial charge in [-0.1, -0.05) is 0 Å². The Balaban J connectivity index is 1.68. The first kappa shape index (κ1) is 14.3. The Kier molecular flexibility index (Phi) is 4.07. The van der Waals surface area contributed by atoms with Crippen molar-refractivity contribution >= 4 is 29.3 Å². The van der Waals surface area contributed by atoms with Gasteiger partial charge in [-0.25, -0.2) is 4.79 Å². The molecule has 1 aliphatic heterocycles. The Morgan fingerprint density at radius 1 is 1.38 bits per heavy atom. The van der Waals surface area contributed by atoms with E-state index in [0.717, 1.165) is 12.5 Å². The van der Waals surface area contributed by atoms with Crippen molar-refractivity contribution < 1.29 is 19.4 Å². The fourth-order valence-electron chi connectivity index (χ4n) is 2.69. The van der Waals surface area contributed by atoms with E-state index in [1.807, 2.05) is 0 Å². The molecule has 2 unspecified atom stereocenters. The summed E-state index contributed by atoms with van der Waals surface area (Å²) in [5.41, 5.74) is 0.641. The van der Waals surface area contributed by atoms with Crippen molar-refractivity contribution in [1.82, 2.24) is 5.32 Å². The maximum atomic E-state index is 12.4. The minimum Gasteiger partial charge on any atom is -0.478 e. The molecule has 5 nitrogen and oxygen atoms in total. The molecule has 1 aliphatic carbocycles. The number of nitrogens with one attached hydrogen (secondary N) is 1. The van der Waals surface area contributed by atoms with Crippen LogP contribution < -0.4 is 5.32 Å². The fraction of sp³-hybridized carbons (Fsp3) is 0.467. The first-order valence-corrected chi connectivity index (χ1v) is 7.94. The highest BCUT2D eigenvalue weighted by atomic mass is 32.1. The lowest BCUT2D eigenvalue weighted by Crippen LogP contribution is -2.41. The molecule has 2 heterocycles. The highest BCUT2D eigenvalue weighted by Gasteiger charge is 2.41. The van der Waals surface area contributed by atoms with Crippen molar-refractivity contribution in [3.63, 3.8) is 0 Å². The summed E-state index contributed by atoms with van der Waals surface area (Å²) in [4.78, 5) is 23.5. The largest absolute Gasteiger partial charge is 0.478 e. The van der Waals surface area contributed by atoms with Gasteiger partial charge in [-0.05, 0) is 48.3 Å². The number of hydrogen-bond acceptors (Lipinski definition) is 4. The summed E-state index contributed by atoms with van der Waals surface area (Å²) in [6, 6.07) is 1.83. The van der Waals surface area contributed by atoms with Crippen LogP contribution in [-0.4, -0.2) is 35.7 Å². The molecular weight excluding hydrogens is 290 g/mol. The van der Waals surface area contributed by atoms with Crippen LogP contribution in [-0.2, 0) is 9.53 Å². The molecule has 1 saturated carbocycles. The Bertz CT molecular complexity index is 576. The number of carbonyl (C=O) groups excluding carboxylic acids is 1. The normalized spacial score (nSPS) is 25.3. The Labute approximate surface area is 126 Å². The summed E-state index contributed by atoms with van der Waals surface area (Å²) in [6.45, 7) is 0.697. The van der Waals surface area contributed by atoms with Gasteiger partial charge < -0.3 is 15.2 Å². The van der Waals surface area contributed by atoms with Crippen LogP contribution in [0.2, 0.25) is 0 Å². The van der Waals surface area contributed by atoms with Gasteiger partial charge in [0.2, 0.25) is 0 Å². The molecule has 0 radical (unpaired) electrons. The summed E-state index contributed by atoms with van der Waals surface area (Å²) in [6.07, 6.45) is 5.86. The second kappa shape index (κ2) is 5.99. The molecule has 1 amide bonds. The molecule has 0 spiro atoms. The van der Waals surface area contributed by atoms with Crippen molar-refractivity contribution in [3.05, 3.63) is 28.0 Å². The molecular formula is C15H17NO4S. The van der Waals surface area contributed by atoms with E-state index in [1.54, 1.807) is 11.4 Å². The predicted octanol–water partition coefficient (Wildman–Crippen LogP) is 2.14. The van der Waals surface area contributed by atoms with E-state index in [9.17, 15) is 9.59 Å². The number of carboxylic acid groups (broad SMARTS) is 1. The number of amides is 1. The van der Waals surface area contributed by atoms with E-state index in [-0.39, 0.29) is 18.1 Å². The zero-order chi connectivity index (χ0) is 14.8. The van der Waals surface area contributed by atoms with Crippen LogP contribution >= 0.6 is 11.3 Å². The lowest BCUT2D eigenvalue weighted by atomic mass is 10.1. The summed E-state index contributed by atoms with van der Waals surface area (Å²) in [7, 11) is 0. The average Bonchev–Trinajstić information content (AvgIpc) is 3.00. The molecule has 1 aromatic rings. The third-order valence-electron chi connectivity index (χ3n) is 3.85. The molecule has 3 rings (SSSR count). The lowest BCUT2D eigenvalue weighted by molar-refractivity contribution is -0.131. The van der Waals surface area contributed by atoms with Gasteiger partial charge in [0.05, 0.1) is 17.0 Å². The van der Waals surface area contributed by atoms with Crippen LogP contribution in [0, 0.1) is 5.92 Å². The predicted molar refractivity (Wildman–Crippen MR) is 79.3 cm³/mol. The van der Waals surface area contributed by atoms with Crippen molar-refractivity contribution in [2.75, 3.05) is 6.61 Å². The highest BCUT2D eigenvalue weighted by Crippen LogP contribution is 2.38. The third kappa shape index (κ3) is 3.33. The molecule has 2 aliphatic rings. The third-order valence-corrected chi connectivity index (χ3v) is 4.78. The first-order chi connectivity index (χ1) is 10.1.